The van der Waals surface area contributed by atoms with Gasteiger partial charge in [-0.05, 0) is 24.5 Å². The summed E-state index contributed by atoms with van der Waals surface area (Å²) in [7, 11) is -3.97. The number of ether oxygens (including phenoxy) is 1. The summed E-state index contributed by atoms with van der Waals surface area (Å²) in [5.74, 6) is 0. The van der Waals surface area contributed by atoms with Gasteiger partial charge in [0.2, 0.25) is 0 Å². The van der Waals surface area contributed by atoms with E-state index >= 15 is 0 Å². The molecule has 1 amide bonds. The molecule has 0 bridgehead atoms. The highest BCUT2D eigenvalue weighted by Crippen LogP contribution is 2.35. The molecule has 6 nitrogen and oxygen atoms in total. The Morgan fingerprint density at radius 3 is 2.85 bits per heavy atom. The molecule has 8 heteroatoms. The summed E-state index contributed by atoms with van der Waals surface area (Å²) in [5, 5.41) is 0. The number of carbonyl (C=O) groups excluding carboxylic acids is 1. The van der Waals surface area contributed by atoms with Crippen LogP contribution in [0.15, 0.2) is 24.3 Å². The maximum absolute atomic E-state index is 11.9. The lowest BCUT2D eigenvalue weighted by Gasteiger charge is -2.17. The van der Waals surface area contributed by atoms with Crippen molar-refractivity contribution in [1.29, 1.82) is 0 Å². The van der Waals surface area contributed by atoms with Crippen molar-refractivity contribution in [3.8, 4) is 0 Å². The second kappa shape index (κ2) is 6.11. The van der Waals surface area contributed by atoms with Crippen molar-refractivity contribution in [3.05, 3.63) is 35.4 Å². The molecule has 0 spiro atoms. The minimum Gasteiger partial charge on any atom is -0.449 e. The first kappa shape index (κ1) is 15.3. The molecule has 2 unspecified atom stereocenters. The lowest BCUT2D eigenvalue weighted by Crippen LogP contribution is -2.43. The van der Waals surface area contributed by atoms with Crippen LogP contribution in [0.4, 0.5) is 4.79 Å². The van der Waals surface area contributed by atoms with Crippen LogP contribution in [0.2, 0.25) is 0 Å². The van der Waals surface area contributed by atoms with Gasteiger partial charge in [-0.15, -0.1) is 0 Å². The van der Waals surface area contributed by atoms with Crippen LogP contribution in [-0.2, 0) is 21.4 Å². The van der Waals surface area contributed by atoms with E-state index in [1.165, 1.54) is 0 Å². The molecule has 2 rings (SSSR count). The molecule has 2 atom stereocenters. The van der Waals surface area contributed by atoms with Gasteiger partial charge in [0.25, 0.3) is 0 Å². The highest BCUT2D eigenvalue weighted by Gasteiger charge is 2.33. The third-order valence-corrected chi connectivity index (χ3v) is 4.79. The Balaban J connectivity index is 2.12. The van der Waals surface area contributed by atoms with Crippen LogP contribution in [0.25, 0.3) is 0 Å². The monoisotopic (exact) mass is 362 g/mol. The molecule has 0 saturated carbocycles. The fourth-order valence-corrected chi connectivity index (χ4v) is 4.05. The minimum absolute atomic E-state index is 0.0568. The van der Waals surface area contributed by atoms with Crippen molar-refractivity contribution in [1.82, 2.24) is 9.44 Å². The molecular weight excluding hydrogens is 348 g/mol. The number of fused-ring (bicyclic) bond motifs is 1. The van der Waals surface area contributed by atoms with E-state index in [1.807, 2.05) is 29.0 Å². The molecule has 110 valence electrons. The van der Waals surface area contributed by atoms with Crippen molar-refractivity contribution in [2.75, 3.05) is 6.61 Å². The molecule has 1 aromatic rings. The van der Waals surface area contributed by atoms with E-state index in [1.54, 1.807) is 6.92 Å². The summed E-state index contributed by atoms with van der Waals surface area (Å²) >= 11 is 3.46. The van der Waals surface area contributed by atoms with Gasteiger partial charge in [-0.2, -0.15) is 13.1 Å². The number of carbonyl (C=O) groups is 1. The third kappa shape index (κ3) is 3.50. The smallest absolute Gasteiger partial charge is 0.421 e. The molecule has 0 fully saturated rings. The van der Waals surface area contributed by atoms with Gasteiger partial charge >= 0.3 is 16.3 Å². The van der Waals surface area contributed by atoms with Crippen LogP contribution >= 0.6 is 15.9 Å². The van der Waals surface area contributed by atoms with Crippen LogP contribution in [-0.4, -0.2) is 25.9 Å². The Morgan fingerprint density at radius 1 is 1.45 bits per heavy atom. The van der Waals surface area contributed by atoms with E-state index in [4.69, 9.17) is 0 Å². The van der Waals surface area contributed by atoms with Crippen LogP contribution in [0.5, 0.6) is 0 Å². The number of amides is 1. The van der Waals surface area contributed by atoms with Crippen molar-refractivity contribution < 1.29 is 17.9 Å². The topological polar surface area (TPSA) is 84.5 Å². The van der Waals surface area contributed by atoms with Crippen LogP contribution in [0.3, 0.4) is 0 Å². The molecule has 0 saturated heterocycles. The number of nitrogens with one attached hydrogen (secondary N) is 2. The SMILES string of the molecule is CCOC(=O)NS(=O)(=O)NC1c2ccccc2CC1Br. The number of benzene rings is 1. The highest BCUT2D eigenvalue weighted by atomic mass is 79.9. The van der Waals surface area contributed by atoms with E-state index in [0.29, 0.717) is 0 Å². The summed E-state index contributed by atoms with van der Waals surface area (Å²) in [6, 6.07) is 7.17. The van der Waals surface area contributed by atoms with Crippen LogP contribution in [0, 0.1) is 0 Å². The quantitative estimate of drug-likeness (QED) is 0.797. The predicted octanol–water partition coefficient (Wildman–Crippen LogP) is 1.63. The molecule has 1 aliphatic carbocycles. The maximum Gasteiger partial charge on any atom is 0.421 e. The fourth-order valence-electron chi connectivity index (χ4n) is 2.15. The van der Waals surface area contributed by atoms with E-state index in [0.717, 1.165) is 17.5 Å². The first-order valence-electron chi connectivity index (χ1n) is 6.11. The van der Waals surface area contributed by atoms with Gasteiger partial charge < -0.3 is 4.74 Å². The minimum atomic E-state index is -3.97. The molecule has 20 heavy (non-hydrogen) atoms. The lowest BCUT2D eigenvalue weighted by atomic mass is 10.1. The van der Waals surface area contributed by atoms with Crippen LogP contribution in [0.1, 0.15) is 24.1 Å². The van der Waals surface area contributed by atoms with Gasteiger partial charge in [0.15, 0.2) is 0 Å². The number of rotatable bonds is 4. The van der Waals surface area contributed by atoms with Crippen molar-refractivity contribution in [2.45, 2.75) is 24.2 Å². The number of hydrogen-bond donors (Lipinski definition) is 2. The largest absolute Gasteiger partial charge is 0.449 e. The second-order valence-corrected chi connectivity index (χ2v) is 6.96. The maximum atomic E-state index is 11.9. The lowest BCUT2D eigenvalue weighted by molar-refractivity contribution is 0.158. The number of halogens is 1. The van der Waals surface area contributed by atoms with Gasteiger partial charge in [0.1, 0.15) is 0 Å². The van der Waals surface area contributed by atoms with E-state index in [-0.39, 0.29) is 11.4 Å². The van der Waals surface area contributed by atoms with E-state index in [2.05, 4.69) is 25.4 Å². The molecule has 0 aromatic heterocycles. The fraction of sp³-hybridized carbons (Fsp3) is 0.417. The van der Waals surface area contributed by atoms with Crippen LogP contribution < -0.4 is 9.44 Å². The van der Waals surface area contributed by atoms with Crippen molar-refractivity contribution >= 4 is 32.2 Å². The van der Waals surface area contributed by atoms with E-state index < -0.39 is 22.3 Å². The highest BCUT2D eigenvalue weighted by molar-refractivity contribution is 9.09. The van der Waals surface area contributed by atoms with Gasteiger partial charge in [0.05, 0.1) is 12.6 Å². The predicted molar refractivity (Wildman–Crippen MR) is 77.8 cm³/mol. The Kier molecular flexibility index (Phi) is 4.66. The normalized spacial score (nSPS) is 21.3. The third-order valence-electron chi connectivity index (χ3n) is 2.94. The first-order chi connectivity index (χ1) is 9.43. The van der Waals surface area contributed by atoms with E-state index in [9.17, 15) is 13.2 Å². The summed E-state index contributed by atoms with van der Waals surface area (Å²) < 4.78 is 32.6. The first-order valence-corrected chi connectivity index (χ1v) is 8.51. The second-order valence-electron chi connectivity index (χ2n) is 4.34. The molecule has 0 aliphatic heterocycles. The zero-order valence-corrected chi connectivity index (χ0v) is 13.2. The summed E-state index contributed by atoms with van der Waals surface area (Å²) in [6.07, 6.45) is -0.264. The summed E-state index contributed by atoms with van der Waals surface area (Å²) in [5.41, 5.74) is 1.99. The molecule has 1 aromatic carbocycles. The average molecular weight is 363 g/mol. The zero-order valence-electron chi connectivity index (χ0n) is 10.8. The zero-order chi connectivity index (χ0) is 14.8. The molecule has 0 heterocycles. The van der Waals surface area contributed by atoms with Gasteiger partial charge in [0, 0.05) is 4.83 Å². The summed E-state index contributed by atoms with van der Waals surface area (Å²) in [6.45, 7) is 1.70. The Bertz CT molecular complexity index is 605. The Hall–Kier alpha value is -1.12. The van der Waals surface area contributed by atoms with Gasteiger partial charge in [-0.3, -0.25) is 0 Å². The summed E-state index contributed by atoms with van der Waals surface area (Å²) in [4.78, 5) is 11.1. The molecule has 2 N–H and O–H groups in total. The van der Waals surface area contributed by atoms with Gasteiger partial charge in [-0.1, -0.05) is 40.2 Å². The Labute approximate surface area is 126 Å². The number of alkyl halides is 1. The average Bonchev–Trinajstić information content (AvgIpc) is 2.65. The van der Waals surface area contributed by atoms with Crippen molar-refractivity contribution in [2.24, 2.45) is 0 Å². The number of hydrogen-bond acceptors (Lipinski definition) is 4. The van der Waals surface area contributed by atoms with Gasteiger partial charge in [-0.25, -0.2) is 9.52 Å². The Morgan fingerprint density at radius 2 is 2.15 bits per heavy atom. The standard InChI is InChI=1S/C12H15BrN2O4S/c1-2-19-12(16)15-20(17,18)14-11-9-6-4-3-5-8(9)7-10(11)13/h3-6,10-11,14H,2,7H2,1H3,(H,15,16). The molecule has 0 radical (unpaired) electrons. The molecular formula is C12H15BrN2O4S. The molecule has 1 aliphatic rings. The van der Waals surface area contributed by atoms with Crippen molar-refractivity contribution in [3.63, 3.8) is 0 Å².